The summed E-state index contributed by atoms with van der Waals surface area (Å²) in [5.41, 5.74) is 1.61. The van der Waals surface area contributed by atoms with Gasteiger partial charge in [-0.1, -0.05) is 0 Å². The molecular weight excluding hydrogens is 384 g/mol. The number of rotatable bonds is 5. The number of sulfonamides is 1. The van der Waals surface area contributed by atoms with E-state index in [1.54, 1.807) is 18.3 Å². The van der Waals surface area contributed by atoms with Gasteiger partial charge >= 0.3 is 0 Å². The molecule has 28 heavy (non-hydrogen) atoms. The van der Waals surface area contributed by atoms with Crippen LogP contribution in [0.4, 0.5) is 5.69 Å². The number of fused-ring (bicyclic) bond motifs is 1. The number of aromatic nitrogens is 2. The summed E-state index contributed by atoms with van der Waals surface area (Å²) in [5.74, 6) is 0. The van der Waals surface area contributed by atoms with Gasteiger partial charge in [0.25, 0.3) is 15.7 Å². The van der Waals surface area contributed by atoms with Crippen molar-refractivity contribution in [2.24, 2.45) is 5.10 Å². The minimum Gasteiger partial charge on any atom is -0.258 e. The van der Waals surface area contributed by atoms with Crippen LogP contribution in [-0.2, 0) is 10.0 Å². The lowest BCUT2D eigenvalue weighted by molar-refractivity contribution is -0.385. The standard InChI is InChI=1S/C17H14N6O4S/c1-12-7-15(23(24)25)3-4-17(12)28(26,27)21(2)19-10-14-11-20-22-6-5-13(9-18)8-16(14)22/h3-8,10-11H,1-2H3. The lowest BCUT2D eigenvalue weighted by Crippen LogP contribution is -2.22. The van der Waals surface area contributed by atoms with E-state index in [1.807, 2.05) is 6.07 Å². The van der Waals surface area contributed by atoms with Crippen molar-refractivity contribution >= 4 is 27.4 Å². The Bertz CT molecular complexity index is 1260. The number of nitriles is 1. The molecule has 142 valence electrons. The van der Waals surface area contributed by atoms with Crippen molar-refractivity contribution in [3.63, 3.8) is 0 Å². The Hall–Kier alpha value is -3.78. The van der Waals surface area contributed by atoms with Crippen molar-refractivity contribution in [3.8, 4) is 6.07 Å². The molecule has 0 saturated carbocycles. The minimum atomic E-state index is -4.00. The van der Waals surface area contributed by atoms with E-state index in [9.17, 15) is 18.5 Å². The van der Waals surface area contributed by atoms with Crippen molar-refractivity contribution in [1.82, 2.24) is 14.0 Å². The summed E-state index contributed by atoms with van der Waals surface area (Å²) in [6, 6.07) is 8.75. The molecule has 0 atom stereocenters. The van der Waals surface area contributed by atoms with Crippen LogP contribution < -0.4 is 0 Å². The van der Waals surface area contributed by atoms with Crippen LogP contribution in [-0.4, -0.2) is 40.6 Å². The Morgan fingerprint density at radius 1 is 1.36 bits per heavy atom. The van der Waals surface area contributed by atoms with Crippen LogP contribution in [0, 0.1) is 28.4 Å². The van der Waals surface area contributed by atoms with Gasteiger partial charge < -0.3 is 0 Å². The molecule has 2 aromatic heterocycles. The third-order valence-electron chi connectivity index (χ3n) is 4.03. The number of pyridine rings is 1. The van der Waals surface area contributed by atoms with Crippen molar-refractivity contribution in [2.75, 3.05) is 7.05 Å². The Balaban J connectivity index is 1.93. The molecule has 0 spiro atoms. The molecule has 0 saturated heterocycles. The van der Waals surface area contributed by atoms with Gasteiger partial charge in [0.15, 0.2) is 0 Å². The van der Waals surface area contributed by atoms with Crippen LogP contribution in [0.25, 0.3) is 5.52 Å². The van der Waals surface area contributed by atoms with E-state index in [-0.39, 0.29) is 16.1 Å². The highest BCUT2D eigenvalue weighted by molar-refractivity contribution is 7.89. The van der Waals surface area contributed by atoms with Crippen molar-refractivity contribution in [3.05, 3.63) is 69.5 Å². The second-order valence-corrected chi connectivity index (χ2v) is 7.77. The van der Waals surface area contributed by atoms with Gasteiger partial charge in [0, 0.05) is 30.9 Å². The Labute approximate surface area is 160 Å². The molecule has 2 heterocycles. The van der Waals surface area contributed by atoms with Crippen molar-refractivity contribution < 1.29 is 13.3 Å². The van der Waals surface area contributed by atoms with Crippen LogP contribution in [0.1, 0.15) is 16.7 Å². The maximum Gasteiger partial charge on any atom is 0.279 e. The first kappa shape index (κ1) is 19.0. The Morgan fingerprint density at radius 3 is 2.75 bits per heavy atom. The average Bonchev–Trinajstić information content (AvgIpc) is 3.07. The quantitative estimate of drug-likeness (QED) is 0.367. The SMILES string of the molecule is Cc1cc([N+](=O)[O-])ccc1S(=O)(=O)N(C)N=Cc1cnn2ccc(C#N)cc12. The highest BCUT2D eigenvalue weighted by Crippen LogP contribution is 2.23. The first-order valence-electron chi connectivity index (χ1n) is 7.89. The molecule has 10 nitrogen and oxygen atoms in total. The van der Waals surface area contributed by atoms with Crippen LogP contribution in [0.15, 0.2) is 52.7 Å². The van der Waals surface area contributed by atoms with Gasteiger partial charge in [-0.2, -0.15) is 28.3 Å². The monoisotopic (exact) mass is 398 g/mol. The molecule has 0 fully saturated rings. The molecule has 3 rings (SSSR count). The molecule has 3 aromatic rings. The number of hydrogen-bond acceptors (Lipinski definition) is 7. The second kappa shape index (κ2) is 7.09. The van der Waals surface area contributed by atoms with Gasteiger partial charge in [-0.05, 0) is 30.7 Å². The highest BCUT2D eigenvalue weighted by atomic mass is 32.2. The summed E-state index contributed by atoms with van der Waals surface area (Å²) < 4.78 is 27.8. The predicted molar refractivity (Wildman–Crippen MR) is 100 cm³/mol. The van der Waals surface area contributed by atoms with E-state index in [1.165, 1.54) is 43.0 Å². The number of nitro benzene ring substituents is 1. The Morgan fingerprint density at radius 2 is 2.11 bits per heavy atom. The molecule has 0 bridgehead atoms. The topological polar surface area (TPSA) is 134 Å². The number of hydrazone groups is 1. The van der Waals surface area contributed by atoms with Gasteiger partial charge in [0.1, 0.15) is 0 Å². The largest absolute Gasteiger partial charge is 0.279 e. The van der Waals surface area contributed by atoms with Gasteiger partial charge in [-0.25, -0.2) is 4.52 Å². The van der Waals surface area contributed by atoms with E-state index in [2.05, 4.69) is 10.2 Å². The molecule has 0 aliphatic rings. The van der Waals surface area contributed by atoms with E-state index in [4.69, 9.17) is 5.26 Å². The summed E-state index contributed by atoms with van der Waals surface area (Å²) in [7, 11) is -2.74. The molecule has 0 aliphatic carbocycles. The predicted octanol–water partition coefficient (Wildman–Crippen LogP) is 2.08. The summed E-state index contributed by atoms with van der Waals surface area (Å²) in [6.07, 6.45) is 4.44. The van der Waals surface area contributed by atoms with Gasteiger partial charge in [0.2, 0.25) is 0 Å². The van der Waals surface area contributed by atoms with Crippen molar-refractivity contribution in [2.45, 2.75) is 11.8 Å². The number of hydrogen-bond donors (Lipinski definition) is 0. The summed E-state index contributed by atoms with van der Waals surface area (Å²) in [6.45, 7) is 1.48. The number of nitrogens with zero attached hydrogens (tertiary/aromatic N) is 6. The zero-order valence-corrected chi connectivity index (χ0v) is 15.7. The van der Waals surface area contributed by atoms with E-state index >= 15 is 0 Å². The number of aryl methyl sites for hydroxylation is 1. The molecule has 11 heteroatoms. The summed E-state index contributed by atoms with van der Waals surface area (Å²) in [5, 5.41) is 27.9. The number of nitro groups is 1. The first-order valence-corrected chi connectivity index (χ1v) is 9.33. The summed E-state index contributed by atoms with van der Waals surface area (Å²) in [4.78, 5) is 10.2. The number of non-ortho nitro benzene ring substituents is 1. The Kier molecular flexibility index (Phi) is 4.81. The van der Waals surface area contributed by atoms with E-state index in [0.717, 1.165) is 10.5 Å². The molecule has 0 aliphatic heterocycles. The average molecular weight is 398 g/mol. The third kappa shape index (κ3) is 3.40. The fourth-order valence-corrected chi connectivity index (χ4v) is 3.71. The molecule has 0 amide bonds. The van der Waals surface area contributed by atoms with E-state index in [0.29, 0.717) is 16.6 Å². The lowest BCUT2D eigenvalue weighted by Gasteiger charge is -2.15. The molecule has 1 aromatic carbocycles. The van der Waals surface area contributed by atoms with Crippen molar-refractivity contribution in [1.29, 1.82) is 5.26 Å². The molecule has 0 radical (unpaired) electrons. The normalized spacial score (nSPS) is 11.6. The number of benzene rings is 1. The zero-order valence-electron chi connectivity index (χ0n) is 14.8. The smallest absolute Gasteiger partial charge is 0.258 e. The third-order valence-corrected chi connectivity index (χ3v) is 5.84. The fraction of sp³-hybridized carbons (Fsp3) is 0.118. The van der Waals surface area contributed by atoms with Crippen LogP contribution in [0.3, 0.4) is 0 Å². The second-order valence-electron chi connectivity index (χ2n) is 5.85. The lowest BCUT2D eigenvalue weighted by atomic mass is 10.2. The van der Waals surface area contributed by atoms with Crippen LogP contribution >= 0.6 is 0 Å². The van der Waals surface area contributed by atoms with Gasteiger partial charge in [0.05, 0.1) is 39.4 Å². The fourth-order valence-electron chi connectivity index (χ4n) is 2.55. The molecule has 0 N–H and O–H groups in total. The van der Waals surface area contributed by atoms with Crippen LogP contribution in [0.5, 0.6) is 0 Å². The molecular formula is C17H14N6O4S. The summed E-state index contributed by atoms with van der Waals surface area (Å²) >= 11 is 0. The minimum absolute atomic E-state index is 0.0793. The van der Waals surface area contributed by atoms with E-state index < -0.39 is 14.9 Å². The zero-order chi connectivity index (χ0) is 20.5. The first-order chi connectivity index (χ1) is 13.2. The maximum absolute atomic E-state index is 12.7. The molecule has 0 unspecified atom stereocenters. The van der Waals surface area contributed by atoms with Gasteiger partial charge in [-0.15, -0.1) is 0 Å². The van der Waals surface area contributed by atoms with Gasteiger partial charge in [-0.3, -0.25) is 10.1 Å². The highest BCUT2D eigenvalue weighted by Gasteiger charge is 2.23. The van der Waals surface area contributed by atoms with Crippen LogP contribution in [0.2, 0.25) is 0 Å². The maximum atomic E-state index is 12.7.